The number of aromatic amines is 1. The molecule has 0 bridgehead atoms. The molecule has 1 saturated heterocycles. The third-order valence-corrected chi connectivity index (χ3v) is 9.06. The first-order valence-corrected chi connectivity index (χ1v) is 16.2. The lowest BCUT2D eigenvalue weighted by molar-refractivity contribution is -0.125. The zero-order valence-electron chi connectivity index (χ0n) is 24.6. The maximum Gasteiger partial charge on any atom is 0.257 e. The Morgan fingerprint density at radius 2 is 1.80 bits per heavy atom. The number of hydrogen-bond donors (Lipinski definition) is 4. The molecule has 44 heavy (non-hydrogen) atoms. The number of benzene rings is 3. The second-order valence-corrected chi connectivity index (χ2v) is 13.0. The van der Waals surface area contributed by atoms with Gasteiger partial charge in [0.05, 0.1) is 18.0 Å². The van der Waals surface area contributed by atoms with Crippen LogP contribution in [-0.4, -0.2) is 73.8 Å². The molecule has 0 aliphatic carbocycles. The summed E-state index contributed by atoms with van der Waals surface area (Å²) in [6.45, 7) is 1.44. The third-order valence-electron chi connectivity index (χ3n) is 7.85. The Hall–Kier alpha value is -4.68. The molecule has 11 nitrogen and oxygen atoms in total. The topological polar surface area (TPSA) is 148 Å². The van der Waals surface area contributed by atoms with Gasteiger partial charge < -0.3 is 20.3 Å². The number of carbonyl (C=O) groups excluding carboxylic acids is 2. The van der Waals surface area contributed by atoms with E-state index in [1.165, 1.54) is 31.1 Å². The van der Waals surface area contributed by atoms with Crippen molar-refractivity contribution in [3.8, 4) is 0 Å². The second-order valence-electron chi connectivity index (χ2n) is 11.0. The minimum Gasteiger partial charge on any atom is -0.381 e. The van der Waals surface area contributed by atoms with Crippen LogP contribution in [0.3, 0.4) is 0 Å². The summed E-state index contributed by atoms with van der Waals surface area (Å²) in [5, 5.41) is 16.4. The van der Waals surface area contributed by atoms with Crippen LogP contribution >= 0.6 is 0 Å². The molecule has 1 aliphatic heterocycles. The Morgan fingerprint density at radius 3 is 2.45 bits per heavy atom. The molecular formula is C32H36N6O5S. The first-order chi connectivity index (χ1) is 21.1. The van der Waals surface area contributed by atoms with Crippen molar-refractivity contribution in [3.05, 3.63) is 108 Å². The first kappa shape index (κ1) is 30.8. The molecule has 0 radical (unpaired) electrons. The summed E-state index contributed by atoms with van der Waals surface area (Å²) in [5.41, 5.74) is 3.26. The van der Waals surface area contributed by atoms with Gasteiger partial charge in [0.2, 0.25) is 16.0 Å². The number of H-pyrrole nitrogens is 1. The van der Waals surface area contributed by atoms with Crippen molar-refractivity contribution in [1.82, 2.24) is 15.3 Å². The molecule has 3 aromatic carbocycles. The minimum atomic E-state index is -3.62. The fourth-order valence-corrected chi connectivity index (χ4v) is 5.83. The van der Waals surface area contributed by atoms with Gasteiger partial charge in [-0.2, -0.15) is 0 Å². The largest absolute Gasteiger partial charge is 0.381 e. The number of aliphatic hydroxyl groups excluding tert-OH is 1. The molecule has 0 saturated carbocycles. The Morgan fingerprint density at radius 1 is 1.09 bits per heavy atom. The lowest BCUT2D eigenvalue weighted by Crippen LogP contribution is -2.50. The Balaban J connectivity index is 1.43. The number of carbonyl (C=O) groups is 2. The van der Waals surface area contributed by atoms with Crippen LogP contribution in [0.1, 0.15) is 33.8 Å². The third kappa shape index (κ3) is 7.44. The molecule has 4 N–H and O–H groups in total. The summed E-state index contributed by atoms with van der Waals surface area (Å²) in [6.07, 6.45) is 3.56. The van der Waals surface area contributed by atoms with Crippen molar-refractivity contribution in [1.29, 1.82) is 0 Å². The highest BCUT2D eigenvalue weighted by Crippen LogP contribution is 2.33. The van der Waals surface area contributed by atoms with E-state index in [9.17, 15) is 23.1 Å². The van der Waals surface area contributed by atoms with Crippen molar-refractivity contribution in [2.75, 3.05) is 40.9 Å². The number of sulfonamides is 1. The lowest BCUT2D eigenvalue weighted by Gasteiger charge is -2.26. The fourth-order valence-electron chi connectivity index (χ4n) is 5.34. The molecule has 3 atom stereocenters. The second kappa shape index (κ2) is 13.3. The molecule has 1 fully saturated rings. The molecule has 230 valence electrons. The highest BCUT2D eigenvalue weighted by Gasteiger charge is 2.30. The molecule has 1 unspecified atom stereocenters. The highest BCUT2D eigenvalue weighted by atomic mass is 32.2. The molecule has 4 aromatic rings. The minimum absolute atomic E-state index is 0.166. The van der Waals surface area contributed by atoms with E-state index in [0.29, 0.717) is 23.8 Å². The average molecular weight is 617 g/mol. The molecule has 1 aromatic heterocycles. The summed E-state index contributed by atoms with van der Waals surface area (Å²) >= 11 is 0. The first-order valence-electron chi connectivity index (χ1n) is 14.3. The van der Waals surface area contributed by atoms with Crippen molar-refractivity contribution in [2.24, 2.45) is 0 Å². The van der Waals surface area contributed by atoms with Crippen molar-refractivity contribution in [3.63, 3.8) is 0 Å². The predicted molar refractivity (Wildman–Crippen MR) is 170 cm³/mol. The van der Waals surface area contributed by atoms with E-state index in [2.05, 4.69) is 37.6 Å². The van der Waals surface area contributed by atoms with Gasteiger partial charge in [-0.3, -0.25) is 19.2 Å². The fraction of sp³-hybridized carbons (Fsp3) is 0.281. The number of rotatable bonds is 11. The molecule has 2 amide bonds. The van der Waals surface area contributed by atoms with E-state index >= 15 is 0 Å². The van der Waals surface area contributed by atoms with Gasteiger partial charge in [0, 0.05) is 49.7 Å². The number of nitrogens with zero attached hydrogens (tertiary/aromatic N) is 3. The van der Waals surface area contributed by atoms with Crippen LogP contribution < -0.4 is 19.8 Å². The van der Waals surface area contributed by atoms with Crippen molar-refractivity contribution in [2.45, 2.75) is 30.9 Å². The van der Waals surface area contributed by atoms with Crippen LogP contribution in [0.5, 0.6) is 0 Å². The summed E-state index contributed by atoms with van der Waals surface area (Å²) < 4.78 is 26.1. The van der Waals surface area contributed by atoms with E-state index in [1.54, 1.807) is 12.1 Å². The normalized spacial score (nSPS) is 16.2. The van der Waals surface area contributed by atoms with Crippen LogP contribution in [0.15, 0.2) is 91.3 Å². The van der Waals surface area contributed by atoms with E-state index < -0.39 is 34.0 Å². The predicted octanol–water partition coefficient (Wildman–Crippen LogP) is 3.14. The van der Waals surface area contributed by atoms with Crippen molar-refractivity contribution >= 4 is 39.2 Å². The van der Waals surface area contributed by atoms with Gasteiger partial charge in [0.25, 0.3) is 11.8 Å². The van der Waals surface area contributed by atoms with Gasteiger partial charge in [-0.05, 0) is 42.2 Å². The molecule has 12 heteroatoms. The Labute approximate surface area is 257 Å². The van der Waals surface area contributed by atoms with Crippen molar-refractivity contribution < 1.29 is 23.1 Å². The number of anilines is 3. The lowest BCUT2D eigenvalue weighted by atomic mass is 9.99. The van der Waals surface area contributed by atoms with Gasteiger partial charge in [-0.15, -0.1) is 0 Å². The number of amides is 2. The zero-order chi connectivity index (χ0) is 31.3. The molecule has 2 heterocycles. The van der Waals surface area contributed by atoms with Crippen LogP contribution in [0.4, 0.5) is 17.3 Å². The molecule has 5 rings (SSSR count). The SMILES string of the molecule is CN(c1cc(C(=O)N[C@@H](Cc2ccccc2)[C@@H](O)C(=O)Nc2ncc[nH]2)cc(N2CCC(c3ccccc3)C2)c1)S(C)(=O)=O. The van der Waals surface area contributed by atoms with E-state index in [4.69, 9.17) is 0 Å². The maximum absolute atomic E-state index is 13.8. The zero-order valence-corrected chi connectivity index (χ0v) is 25.4. The van der Waals surface area contributed by atoms with E-state index in [-0.39, 0.29) is 17.9 Å². The Bertz CT molecular complexity index is 1680. The van der Waals surface area contributed by atoms with Gasteiger partial charge in [-0.1, -0.05) is 60.7 Å². The summed E-state index contributed by atoms with van der Waals surface area (Å²) in [4.78, 5) is 35.6. The number of imidazole rings is 1. The number of aromatic nitrogens is 2. The number of aliphatic hydroxyl groups is 1. The van der Waals surface area contributed by atoms with E-state index in [0.717, 1.165) is 29.1 Å². The number of hydrogen-bond acceptors (Lipinski definition) is 7. The number of nitrogens with one attached hydrogen (secondary N) is 3. The van der Waals surface area contributed by atoms with Crippen LogP contribution in [0.2, 0.25) is 0 Å². The molecule has 1 aliphatic rings. The molecular weight excluding hydrogens is 580 g/mol. The monoisotopic (exact) mass is 616 g/mol. The highest BCUT2D eigenvalue weighted by molar-refractivity contribution is 7.92. The van der Waals surface area contributed by atoms with Crippen LogP contribution in [0, 0.1) is 0 Å². The Kier molecular flexibility index (Phi) is 9.31. The summed E-state index contributed by atoms with van der Waals surface area (Å²) in [5.74, 6) is -0.835. The average Bonchev–Trinajstić information content (AvgIpc) is 3.73. The molecule has 0 spiro atoms. The van der Waals surface area contributed by atoms with Gasteiger partial charge >= 0.3 is 0 Å². The summed E-state index contributed by atoms with van der Waals surface area (Å²) in [7, 11) is -2.19. The van der Waals surface area contributed by atoms with Gasteiger partial charge in [0.1, 0.15) is 0 Å². The van der Waals surface area contributed by atoms with Crippen LogP contribution in [-0.2, 0) is 21.2 Å². The standard InChI is InChI=1S/C32H36N6O5S/c1-37(44(2,42)43)26-18-25(19-27(20-26)38-16-13-24(21-38)23-11-7-4-8-12-23)30(40)35-28(17-22-9-5-3-6-10-22)29(39)31(41)36-32-33-14-15-34-32/h3-12,14-15,18-20,24,28-29,39H,13,16-17,21H2,1-2H3,(H,35,40)(H2,33,34,36,41)/t24?,28-,29+/m0/s1. The van der Waals surface area contributed by atoms with E-state index in [1.807, 2.05) is 48.5 Å². The van der Waals surface area contributed by atoms with Crippen LogP contribution in [0.25, 0.3) is 0 Å². The van der Waals surface area contributed by atoms with Gasteiger partial charge in [-0.25, -0.2) is 13.4 Å². The smallest absolute Gasteiger partial charge is 0.257 e. The quantitative estimate of drug-likeness (QED) is 0.202. The van der Waals surface area contributed by atoms with Gasteiger partial charge in [0.15, 0.2) is 6.10 Å². The summed E-state index contributed by atoms with van der Waals surface area (Å²) in [6, 6.07) is 23.4. The maximum atomic E-state index is 13.8.